The summed E-state index contributed by atoms with van der Waals surface area (Å²) in [5.74, 6) is 0.526. The Kier molecular flexibility index (Phi) is 6.10. The molecule has 126 valence electrons. The summed E-state index contributed by atoms with van der Waals surface area (Å²) in [6.45, 7) is 8.36. The summed E-state index contributed by atoms with van der Waals surface area (Å²) >= 11 is 1.65. The van der Waals surface area contributed by atoms with Crippen LogP contribution in [0.1, 0.15) is 43.1 Å². The van der Waals surface area contributed by atoms with Gasteiger partial charge in [0.15, 0.2) is 0 Å². The lowest BCUT2D eigenvalue weighted by atomic mass is 10.1. The van der Waals surface area contributed by atoms with Crippen LogP contribution in [0.4, 0.5) is 0 Å². The highest BCUT2D eigenvalue weighted by molar-refractivity contribution is 8.00. The average Bonchev–Trinajstić information content (AvgIpc) is 2.96. The quantitative estimate of drug-likeness (QED) is 0.773. The van der Waals surface area contributed by atoms with E-state index in [0.717, 1.165) is 12.0 Å². The number of amides is 1. The molecule has 23 heavy (non-hydrogen) atoms. The van der Waals surface area contributed by atoms with Gasteiger partial charge in [-0.1, -0.05) is 39.0 Å². The van der Waals surface area contributed by atoms with Crippen molar-refractivity contribution in [3.8, 4) is 0 Å². The molecule has 5 heteroatoms. The lowest BCUT2D eigenvalue weighted by molar-refractivity contribution is -0.149. The fourth-order valence-corrected chi connectivity index (χ4v) is 3.97. The summed E-state index contributed by atoms with van der Waals surface area (Å²) in [7, 11) is 0. The predicted molar refractivity (Wildman–Crippen MR) is 93.5 cm³/mol. The maximum atomic E-state index is 13.0. The van der Waals surface area contributed by atoms with Crippen LogP contribution < -0.4 is 0 Å². The SMILES string of the molecule is CCC1SCC(C(=O)OCC(C)C)N1C(=O)c1ccccc1C. The van der Waals surface area contributed by atoms with E-state index in [9.17, 15) is 9.59 Å². The Bertz CT molecular complexity index is 573. The first-order chi connectivity index (χ1) is 11.0. The predicted octanol–water partition coefficient (Wildman–Crippen LogP) is 3.49. The molecule has 1 amide bonds. The fraction of sp³-hybridized carbons (Fsp3) is 0.556. The second-order valence-corrected chi connectivity index (χ2v) is 7.47. The van der Waals surface area contributed by atoms with E-state index >= 15 is 0 Å². The number of hydrogen-bond acceptors (Lipinski definition) is 4. The molecule has 0 radical (unpaired) electrons. The molecule has 1 heterocycles. The van der Waals surface area contributed by atoms with E-state index < -0.39 is 6.04 Å². The summed E-state index contributed by atoms with van der Waals surface area (Å²) in [5.41, 5.74) is 1.59. The molecule has 1 aromatic carbocycles. The van der Waals surface area contributed by atoms with Gasteiger partial charge < -0.3 is 9.64 Å². The Morgan fingerprint density at radius 1 is 1.35 bits per heavy atom. The van der Waals surface area contributed by atoms with Crippen molar-refractivity contribution in [2.45, 2.75) is 45.5 Å². The molecule has 0 bridgehead atoms. The summed E-state index contributed by atoms with van der Waals surface area (Å²) < 4.78 is 5.38. The molecule has 0 aromatic heterocycles. The number of aryl methyl sites for hydroxylation is 1. The largest absolute Gasteiger partial charge is 0.464 e. The number of ether oxygens (including phenoxy) is 1. The molecule has 0 aliphatic carbocycles. The summed E-state index contributed by atoms with van der Waals surface area (Å²) in [5, 5.41) is 0.0266. The lowest BCUT2D eigenvalue weighted by Gasteiger charge is -2.28. The third-order valence-corrected chi connectivity index (χ3v) is 5.34. The van der Waals surface area contributed by atoms with Gasteiger partial charge in [-0.25, -0.2) is 4.79 Å². The van der Waals surface area contributed by atoms with E-state index in [-0.39, 0.29) is 23.2 Å². The van der Waals surface area contributed by atoms with Crippen molar-refractivity contribution < 1.29 is 14.3 Å². The highest BCUT2D eigenvalue weighted by Gasteiger charge is 2.42. The fourth-order valence-electron chi connectivity index (χ4n) is 2.63. The molecule has 2 unspecified atom stereocenters. The third kappa shape index (κ3) is 4.08. The highest BCUT2D eigenvalue weighted by Crippen LogP contribution is 2.33. The molecule has 4 nitrogen and oxygen atoms in total. The van der Waals surface area contributed by atoms with Crippen molar-refractivity contribution in [2.24, 2.45) is 5.92 Å². The molecule has 0 saturated carbocycles. The molecule has 1 saturated heterocycles. The number of benzene rings is 1. The Morgan fingerprint density at radius 3 is 2.65 bits per heavy atom. The summed E-state index contributed by atoms with van der Waals surface area (Å²) in [6.07, 6.45) is 0.816. The van der Waals surface area contributed by atoms with Gasteiger partial charge in [-0.05, 0) is 30.9 Å². The summed E-state index contributed by atoms with van der Waals surface area (Å²) in [4.78, 5) is 27.1. The number of hydrogen-bond donors (Lipinski definition) is 0. The number of thioether (sulfide) groups is 1. The van der Waals surface area contributed by atoms with E-state index in [2.05, 4.69) is 0 Å². The molecule has 0 spiro atoms. The first kappa shape index (κ1) is 17.9. The molecule has 0 N–H and O–H groups in total. The summed E-state index contributed by atoms with van der Waals surface area (Å²) in [6, 6.07) is 7.02. The zero-order valence-electron chi connectivity index (χ0n) is 14.2. The second kappa shape index (κ2) is 7.86. The molecule has 2 rings (SSSR count). The van der Waals surface area contributed by atoms with Gasteiger partial charge in [0, 0.05) is 11.3 Å². The molecule has 2 atom stereocenters. The number of carbonyl (C=O) groups is 2. The Hall–Kier alpha value is -1.49. The van der Waals surface area contributed by atoms with E-state index in [1.165, 1.54) is 0 Å². The molecule has 1 aromatic rings. The van der Waals surface area contributed by atoms with Gasteiger partial charge in [-0.15, -0.1) is 11.8 Å². The van der Waals surface area contributed by atoms with Crippen LogP contribution in [0, 0.1) is 12.8 Å². The Balaban J connectivity index is 2.22. The zero-order valence-corrected chi connectivity index (χ0v) is 15.1. The van der Waals surface area contributed by atoms with Crippen LogP contribution in [0.5, 0.6) is 0 Å². The molecular weight excluding hydrogens is 310 g/mol. The van der Waals surface area contributed by atoms with Gasteiger partial charge in [-0.2, -0.15) is 0 Å². The van der Waals surface area contributed by atoms with Crippen molar-refractivity contribution in [1.82, 2.24) is 4.90 Å². The van der Waals surface area contributed by atoms with Gasteiger partial charge >= 0.3 is 5.97 Å². The number of nitrogens with zero attached hydrogens (tertiary/aromatic N) is 1. The Morgan fingerprint density at radius 2 is 2.04 bits per heavy atom. The topological polar surface area (TPSA) is 46.6 Å². The van der Waals surface area contributed by atoms with Gasteiger partial charge in [0.2, 0.25) is 0 Å². The maximum Gasteiger partial charge on any atom is 0.329 e. The van der Waals surface area contributed by atoms with Gasteiger partial charge in [0.05, 0.1) is 12.0 Å². The molecule has 1 aliphatic rings. The standard InChI is InChI=1S/C18H25NO3S/c1-5-16-19(17(20)14-9-7-6-8-13(14)4)15(11-23-16)18(21)22-10-12(2)3/h6-9,12,15-16H,5,10-11H2,1-4H3. The lowest BCUT2D eigenvalue weighted by Crippen LogP contribution is -2.46. The van der Waals surface area contributed by atoms with Crippen LogP contribution in [-0.4, -0.2) is 40.6 Å². The van der Waals surface area contributed by atoms with Crippen LogP contribution in [-0.2, 0) is 9.53 Å². The first-order valence-corrected chi connectivity index (χ1v) is 9.17. The van der Waals surface area contributed by atoms with Crippen LogP contribution in [0.3, 0.4) is 0 Å². The monoisotopic (exact) mass is 335 g/mol. The van der Waals surface area contributed by atoms with E-state index in [1.54, 1.807) is 16.7 Å². The van der Waals surface area contributed by atoms with Crippen molar-refractivity contribution >= 4 is 23.6 Å². The van der Waals surface area contributed by atoms with Gasteiger partial charge in [0.25, 0.3) is 5.91 Å². The average molecular weight is 335 g/mol. The van der Waals surface area contributed by atoms with E-state index in [0.29, 0.717) is 17.9 Å². The zero-order chi connectivity index (χ0) is 17.0. The van der Waals surface area contributed by atoms with E-state index in [1.807, 2.05) is 52.0 Å². The normalized spacial score (nSPS) is 20.8. The highest BCUT2D eigenvalue weighted by atomic mass is 32.2. The van der Waals surface area contributed by atoms with E-state index in [4.69, 9.17) is 4.74 Å². The number of rotatable bonds is 5. The molecule has 1 aliphatic heterocycles. The van der Waals surface area contributed by atoms with Crippen molar-refractivity contribution in [3.63, 3.8) is 0 Å². The minimum atomic E-state index is -0.490. The maximum absolute atomic E-state index is 13.0. The number of carbonyl (C=O) groups excluding carboxylic acids is 2. The number of esters is 1. The van der Waals surface area contributed by atoms with Crippen LogP contribution in [0.25, 0.3) is 0 Å². The van der Waals surface area contributed by atoms with Crippen LogP contribution >= 0.6 is 11.8 Å². The third-order valence-electron chi connectivity index (χ3n) is 3.88. The second-order valence-electron chi connectivity index (χ2n) is 6.26. The van der Waals surface area contributed by atoms with Crippen molar-refractivity contribution in [2.75, 3.05) is 12.4 Å². The van der Waals surface area contributed by atoms with Crippen LogP contribution in [0.15, 0.2) is 24.3 Å². The minimum Gasteiger partial charge on any atom is -0.464 e. The smallest absolute Gasteiger partial charge is 0.329 e. The molecule has 1 fully saturated rings. The molecular formula is C18H25NO3S. The van der Waals surface area contributed by atoms with Crippen molar-refractivity contribution in [3.05, 3.63) is 35.4 Å². The van der Waals surface area contributed by atoms with Crippen LogP contribution in [0.2, 0.25) is 0 Å². The minimum absolute atomic E-state index is 0.0266. The Labute approximate surface area is 142 Å². The van der Waals surface area contributed by atoms with Crippen molar-refractivity contribution in [1.29, 1.82) is 0 Å². The first-order valence-electron chi connectivity index (χ1n) is 8.12. The van der Waals surface area contributed by atoms with Gasteiger partial charge in [0.1, 0.15) is 6.04 Å². The van der Waals surface area contributed by atoms with Gasteiger partial charge in [-0.3, -0.25) is 4.79 Å².